The Kier molecular flexibility index (Phi) is 18.9. The molecule has 5 nitrogen and oxygen atoms in total. The molecule has 4 aromatic carbocycles. The third-order valence-electron chi connectivity index (χ3n) is 5.23. The molecule has 1 aliphatic carbocycles. The van der Waals surface area contributed by atoms with Crippen molar-refractivity contribution in [3.05, 3.63) is 164 Å². The van der Waals surface area contributed by atoms with E-state index in [1.807, 2.05) is 91.0 Å². The fourth-order valence-corrected chi connectivity index (χ4v) is 4.47. The summed E-state index contributed by atoms with van der Waals surface area (Å²) < 4.78 is 32.5. The van der Waals surface area contributed by atoms with Crippen molar-refractivity contribution in [2.75, 3.05) is 0 Å². The minimum atomic E-state index is -1.59. The van der Waals surface area contributed by atoms with Crippen LogP contribution >= 0.6 is 8.60 Å². The molecule has 0 bridgehead atoms. The van der Waals surface area contributed by atoms with E-state index < -0.39 is 8.60 Å². The average Bonchev–Trinajstić information content (AvgIpc) is 3.32. The maximum Gasteiger partial charge on any atom is 0.530 e. The van der Waals surface area contributed by atoms with Gasteiger partial charge in [0.2, 0.25) is 0 Å². The van der Waals surface area contributed by atoms with E-state index in [4.69, 9.17) is 22.9 Å². The minimum Gasteiger partial charge on any atom is -0.409 e. The fourth-order valence-electron chi connectivity index (χ4n) is 3.48. The summed E-state index contributed by atoms with van der Waals surface area (Å²) in [5.41, 5.74) is 1.43. The maximum atomic E-state index is 7.50. The Morgan fingerprint density at radius 3 is 1.32 bits per heavy atom. The number of hydrogen-bond acceptors (Lipinski definition) is 3. The Bertz CT molecular complexity index is 1160. The van der Waals surface area contributed by atoms with Gasteiger partial charge in [0, 0.05) is 23.0 Å². The van der Waals surface area contributed by atoms with Crippen LogP contribution in [0.2, 0.25) is 0 Å². The van der Waals surface area contributed by atoms with Crippen LogP contribution in [-0.2, 0) is 26.4 Å². The topological polar surface area (TPSA) is 67.5 Å². The summed E-state index contributed by atoms with van der Waals surface area (Å²) in [6, 6.07) is 39.2. The van der Waals surface area contributed by atoms with E-state index in [-0.39, 0.29) is 17.1 Å². The molecule has 1 atom stereocenters. The first-order chi connectivity index (χ1) is 19.4. The van der Waals surface area contributed by atoms with Gasteiger partial charge in [0.05, 0.1) is 0 Å². The normalized spacial score (nSPS) is 12.7. The van der Waals surface area contributed by atoms with Gasteiger partial charge < -0.3 is 13.6 Å². The standard InChI is InChI=1S/C18H15O3P.C13H14.2CO.Fe/c1-4-10-16(11-5-1)19-22(20-17-12-6-2-7-13-17)21-18-14-8-3-9-15-18;1-2-5-9-12(8-4-1)13-10-6-3-7-11-13;2*1-2;/h1-15H;1-4,6-8,10-12H,5,9H2;;;. The number of para-hydroxylation sites is 3. The fraction of sp³-hybridized carbons (Fsp3) is 0.0909. The zero-order valence-electron chi connectivity index (χ0n) is 21.7. The molecule has 1 unspecified atom stereocenters. The van der Waals surface area contributed by atoms with Crippen LogP contribution in [0.15, 0.2) is 146 Å². The zero-order chi connectivity index (χ0) is 28.0. The minimum absolute atomic E-state index is 0. The van der Waals surface area contributed by atoms with Gasteiger partial charge in [-0.05, 0) is 54.8 Å². The van der Waals surface area contributed by atoms with Crippen molar-refractivity contribution in [1.29, 1.82) is 0 Å². The molecule has 0 aromatic heterocycles. The van der Waals surface area contributed by atoms with E-state index in [1.165, 1.54) is 18.4 Å². The predicted octanol–water partition coefficient (Wildman–Crippen LogP) is 9.05. The van der Waals surface area contributed by atoms with Crippen molar-refractivity contribution in [2.45, 2.75) is 18.8 Å². The van der Waals surface area contributed by atoms with E-state index in [1.54, 1.807) is 0 Å². The molecule has 0 aliphatic heterocycles. The average molecular weight is 592 g/mol. The molecular formula is C33H29FeO5P. The second kappa shape index (κ2) is 22.1. The first-order valence-corrected chi connectivity index (χ1v) is 13.2. The maximum absolute atomic E-state index is 7.50. The smallest absolute Gasteiger partial charge is 0.409 e. The number of hydrogen-bond donors (Lipinski definition) is 0. The molecule has 40 heavy (non-hydrogen) atoms. The van der Waals surface area contributed by atoms with Crippen molar-refractivity contribution in [3.8, 4) is 17.2 Å². The zero-order valence-corrected chi connectivity index (χ0v) is 23.7. The van der Waals surface area contributed by atoms with E-state index in [0.717, 1.165) is 0 Å². The Morgan fingerprint density at radius 1 is 0.550 bits per heavy atom. The van der Waals surface area contributed by atoms with Crippen molar-refractivity contribution in [2.24, 2.45) is 0 Å². The van der Waals surface area contributed by atoms with Crippen LogP contribution < -0.4 is 13.6 Å². The SMILES string of the molecule is C1=CCCC(c2ccccc2)C=C1.[C-]#[O+].[C-]#[O+].[Fe].c1ccc(OP(Oc2ccccc2)Oc2ccccc2)cc1. The molecular weight excluding hydrogens is 563 g/mol. The van der Waals surface area contributed by atoms with Gasteiger partial charge in [-0.1, -0.05) is 109 Å². The molecule has 4 aromatic rings. The van der Waals surface area contributed by atoms with E-state index in [9.17, 15) is 0 Å². The molecule has 5 rings (SSSR count). The molecule has 0 radical (unpaired) electrons. The quantitative estimate of drug-likeness (QED) is 0.0931. The van der Waals surface area contributed by atoms with Gasteiger partial charge in [0.25, 0.3) is 0 Å². The molecule has 1 aliphatic rings. The molecule has 0 fully saturated rings. The van der Waals surface area contributed by atoms with Crippen LogP contribution in [0.1, 0.15) is 24.3 Å². The van der Waals surface area contributed by atoms with Gasteiger partial charge in [-0.25, -0.2) is 0 Å². The molecule has 0 amide bonds. The van der Waals surface area contributed by atoms with Gasteiger partial charge in [-0.2, -0.15) is 0 Å². The molecule has 0 saturated carbocycles. The van der Waals surface area contributed by atoms with Gasteiger partial charge in [0.15, 0.2) is 0 Å². The summed E-state index contributed by atoms with van der Waals surface area (Å²) in [4.78, 5) is 0. The Labute approximate surface area is 248 Å². The van der Waals surface area contributed by atoms with Crippen molar-refractivity contribution < 1.29 is 39.9 Å². The Hall–Kier alpha value is -3.81. The molecule has 0 heterocycles. The summed E-state index contributed by atoms with van der Waals surface area (Å²) in [6.07, 6.45) is 11.2. The van der Waals surface area contributed by atoms with Crippen LogP contribution in [0.3, 0.4) is 0 Å². The molecule has 0 spiro atoms. The van der Waals surface area contributed by atoms with Crippen LogP contribution in [-0.4, -0.2) is 0 Å². The van der Waals surface area contributed by atoms with Crippen LogP contribution in [0.25, 0.3) is 0 Å². The van der Waals surface area contributed by atoms with Crippen LogP contribution in [0.4, 0.5) is 0 Å². The van der Waals surface area contributed by atoms with Crippen LogP contribution in [0, 0.1) is 13.3 Å². The number of benzene rings is 4. The van der Waals surface area contributed by atoms with Gasteiger partial charge in [-0.3, -0.25) is 0 Å². The van der Waals surface area contributed by atoms with Gasteiger partial charge in [-0.15, -0.1) is 0 Å². The van der Waals surface area contributed by atoms with E-state index >= 15 is 0 Å². The van der Waals surface area contributed by atoms with Crippen molar-refractivity contribution in [3.63, 3.8) is 0 Å². The monoisotopic (exact) mass is 592 g/mol. The number of rotatable bonds is 7. The third kappa shape index (κ3) is 13.3. The van der Waals surface area contributed by atoms with E-state index in [2.05, 4.69) is 67.9 Å². The summed E-state index contributed by atoms with van der Waals surface area (Å²) in [7, 11) is -1.59. The molecule has 204 valence electrons. The van der Waals surface area contributed by atoms with Gasteiger partial charge in [0.1, 0.15) is 17.2 Å². The second-order valence-electron chi connectivity index (χ2n) is 7.84. The summed E-state index contributed by atoms with van der Waals surface area (Å²) in [5.74, 6) is 2.73. The Morgan fingerprint density at radius 2 is 0.925 bits per heavy atom. The van der Waals surface area contributed by atoms with Crippen LogP contribution in [0.5, 0.6) is 17.2 Å². The first kappa shape index (κ1) is 34.2. The largest absolute Gasteiger partial charge is 0.530 e. The van der Waals surface area contributed by atoms with Crippen molar-refractivity contribution >= 4 is 8.60 Å². The summed E-state index contributed by atoms with van der Waals surface area (Å²) >= 11 is 0. The summed E-state index contributed by atoms with van der Waals surface area (Å²) in [5, 5.41) is 0. The second-order valence-corrected chi connectivity index (χ2v) is 8.84. The molecule has 7 heteroatoms. The predicted molar refractivity (Wildman–Crippen MR) is 153 cm³/mol. The Balaban J connectivity index is 0.000000381. The van der Waals surface area contributed by atoms with Crippen molar-refractivity contribution in [1.82, 2.24) is 0 Å². The van der Waals surface area contributed by atoms with Gasteiger partial charge >= 0.3 is 31.2 Å². The number of allylic oxidation sites excluding steroid dienone is 4. The summed E-state index contributed by atoms with van der Waals surface area (Å²) in [6.45, 7) is 9.00. The van der Waals surface area contributed by atoms with E-state index in [0.29, 0.717) is 23.2 Å². The first-order valence-electron chi connectivity index (χ1n) is 12.1. The molecule has 0 saturated heterocycles. The molecule has 0 N–H and O–H groups in total. The third-order valence-corrected chi connectivity index (χ3v) is 6.31.